The average molecular weight is 1320 g/mol. The van der Waals surface area contributed by atoms with Crippen molar-refractivity contribution in [2.45, 2.75) is 75.8 Å². The van der Waals surface area contributed by atoms with Crippen LogP contribution in [0.1, 0.15) is 72.5 Å². The van der Waals surface area contributed by atoms with Gasteiger partial charge in [0, 0.05) is 77.9 Å². The van der Waals surface area contributed by atoms with Crippen LogP contribution in [0.15, 0.2) is 130 Å². The van der Waals surface area contributed by atoms with Crippen molar-refractivity contribution in [3.05, 3.63) is 169 Å². The van der Waals surface area contributed by atoms with E-state index in [0.717, 1.165) is 78.5 Å². The van der Waals surface area contributed by atoms with Gasteiger partial charge in [-0.3, -0.25) is 19.7 Å². The van der Waals surface area contributed by atoms with E-state index < -0.39 is 21.9 Å². The molecule has 0 unspecified atom stereocenters. The molecule has 20 nitrogen and oxygen atoms in total. The number of aromatic nitrogens is 8. The van der Waals surface area contributed by atoms with Crippen LogP contribution in [0.3, 0.4) is 0 Å². The molecule has 11 rings (SSSR count). The van der Waals surface area contributed by atoms with Crippen molar-refractivity contribution in [2.24, 2.45) is 12.9 Å². The molecule has 2 aliphatic heterocycles. The predicted molar refractivity (Wildman–Crippen MR) is 339 cm³/mol. The first-order chi connectivity index (χ1) is 42.6. The van der Waals surface area contributed by atoms with E-state index in [1.165, 1.54) is 20.1 Å². The van der Waals surface area contributed by atoms with Crippen molar-refractivity contribution in [3.8, 4) is 51.0 Å². The van der Waals surface area contributed by atoms with Gasteiger partial charge in [-0.1, -0.05) is 96.5 Å². The lowest BCUT2D eigenvalue weighted by atomic mass is 10.1. The molecule has 0 aliphatic carbocycles. The van der Waals surface area contributed by atoms with E-state index in [1.54, 1.807) is 84.5 Å². The number of hydrogen-bond donors (Lipinski definition) is 3. The minimum atomic E-state index is -4.53. The number of hydrazine groups is 1. The van der Waals surface area contributed by atoms with Gasteiger partial charge in [0.25, 0.3) is 11.5 Å². The maximum absolute atomic E-state index is 13.3. The first kappa shape index (κ1) is 66.3. The Bertz CT molecular complexity index is 4120. The third-order valence-electron chi connectivity index (χ3n) is 14.7. The monoisotopic (exact) mass is 1320 g/mol. The van der Waals surface area contributed by atoms with Crippen LogP contribution in [0.4, 0.5) is 13.2 Å². The number of aromatic amines is 1. The number of H-pyrrole nitrogens is 1. The van der Waals surface area contributed by atoms with Gasteiger partial charge in [-0.05, 0) is 126 Å². The summed E-state index contributed by atoms with van der Waals surface area (Å²) in [7, 11) is -0.00831. The lowest BCUT2D eigenvalue weighted by Crippen LogP contribution is -2.47. The number of fused-ring (bicyclic) bond motifs is 1. The molecule has 0 saturated carbocycles. The maximum Gasteiger partial charge on any atom is 0.435 e. The molecule has 4 aromatic heterocycles. The van der Waals surface area contributed by atoms with Gasteiger partial charge in [0.1, 0.15) is 17.1 Å². The fraction of sp³-hybridized carbons (Fsp3) is 0.311. The van der Waals surface area contributed by atoms with E-state index in [4.69, 9.17) is 50.4 Å². The first-order valence-corrected chi connectivity index (χ1v) is 31.7. The summed E-state index contributed by atoms with van der Waals surface area (Å²) in [5.74, 6) is 5.26. The van der Waals surface area contributed by atoms with Crippen LogP contribution in [0.2, 0.25) is 15.1 Å². The summed E-state index contributed by atoms with van der Waals surface area (Å²) in [6.45, 7) is 12.0. The molecule has 0 radical (unpaired) electrons. The van der Waals surface area contributed by atoms with E-state index in [9.17, 15) is 31.2 Å². The fourth-order valence-corrected chi connectivity index (χ4v) is 12.6. The van der Waals surface area contributed by atoms with E-state index in [1.807, 2.05) is 76.1 Å². The summed E-state index contributed by atoms with van der Waals surface area (Å²) >= 11 is 19.5. The smallest absolute Gasteiger partial charge is 0.435 e. The second kappa shape index (κ2) is 29.2. The number of aryl methyl sites for hydroxylation is 3. The van der Waals surface area contributed by atoms with Crippen molar-refractivity contribution in [1.29, 1.82) is 0 Å². The van der Waals surface area contributed by atoms with Crippen molar-refractivity contribution < 1.29 is 40.4 Å². The van der Waals surface area contributed by atoms with Gasteiger partial charge in [-0.25, -0.2) is 27.8 Å². The van der Waals surface area contributed by atoms with E-state index in [2.05, 4.69) is 39.9 Å². The van der Waals surface area contributed by atoms with E-state index >= 15 is 0 Å². The van der Waals surface area contributed by atoms with Gasteiger partial charge in [0.05, 0.1) is 62.6 Å². The zero-order chi connectivity index (χ0) is 63.7. The van der Waals surface area contributed by atoms with E-state index in [0.29, 0.717) is 110 Å². The molecule has 0 atom stereocenters. The molecule has 5 aromatic carbocycles. The molecule has 1 amide bonds. The third kappa shape index (κ3) is 15.7. The lowest BCUT2D eigenvalue weighted by molar-refractivity contribution is -0.195. The molecule has 28 heteroatoms. The number of amides is 1. The molecule has 4 N–H and O–H groups in total. The number of hydrogen-bond acceptors (Lipinski definition) is 15. The summed E-state index contributed by atoms with van der Waals surface area (Å²) in [5, 5.41) is 16.4. The molecule has 2 saturated heterocycles. The number of ether oxygens (including phenoxy) is 1. The summed E-state index contributed by atoms with van der Waals surface area (Å²) in [4.78, 5) is 40.4. The van der Waals surface area contributed by atoms with Crippen molar-refractivity contribution >= 4 is 73.8 Å². The molecule has 9 aromatic rings. The minimum Gasteiger partial charge on any atom is -0.493 e. The maximum atomic E-state index is 13.3. The van der Waals surface area contributed by atoms with Crippen LogP contribution in [-0.4, -0.2) is 121 Å². The number of nitrogens with one attached hydrogen (secondary N) is 2. The summed E-state index contributed by atoms with van der Waals surface area (Å²) in [5.41, 5.74) is 9.69. The molecule has 0 bridgehead atoms. The second-order valence-corrected chi connectivity index (χ2v) is 25.0. The number of halogens is 6. The van der Waals surface area contributed by atoms with Crippen LogP contribution in [0.25, 0.3) is 56.3 Å². The topological polar surface area (TPSA) is 226 Å². The number of carbonyl (C=O) groups excluding carboxylic acids is 1. The normalized spacial score (nSPS) is 14.3. The zero-order valence-electron chi connectivity index (χ0n) is 49.4. The lowest BCUT2D eigenvalue weighted by Gasteiger charge is -2.31. The number of rotatable bonds is 16. The van der Waals surface area contributed by atoms with Crippen LogP contribution >= 0.6 is 46.8 Å². The van der Waals surface area contributed by atoms with Gasteiger partial charge in [-0.15, -0.1) is 9.32 Å². The van der Waals surface area contributed by atoms with Gasteiger partial charge in [-0.2, -0.15) is 38.7 Å². The number of nitrogens with zero attached hydrogens (tertiary/aromatic N) is 10. The Hall–Kier alpha value is -7.14. The fourth-order valence-electron chi connectivity index (χ4n) is 10.1. The van der Waals surface area contributed by atoms with Crippen molar-refractivity contribution in [2.75, 3.05) is 52.9 Å². The molecular formula is C61H65Cl3F3N13O7S2. The highest BCUT2D eigenvalue weighted by molar-refractivity contribution is 7.94. The Morgan fingerprint density at radius 2 is 1.46 bits per heavy atom. The Morgan fingerprint density at radius 3 is 2.10 bits per heavy atom. The molecule has 470 valence electrons. The van der Waals surface area contributed by atoms with Gasteiger partial charge < -0.3 is 14.6 Å². The highest BCUT2D eigenvalue weighted by Gasteiger charge is 2.36. The quantitative estimate of drug-likeness (QED) is 0.0464. The Morgan fingerprint density at radius 1 is 0.787 bits per heavy atom. The number of alkyl halides is 3. The molecule has 0 spiro atoms. The number of nitrogens with two attached hydrogens (primary N) is 1. The number of carbonyl (C=O) groups is 1. The highest BCUT2D eigenvalue weighted by atomic mass is 35.5. The number of piperazine rings is 1. The molecule has 2 aliphatic rings. The van der Waals surface area contributed by atoms with E-state index in [-0.39, 0.29) is 22.2 Å². The van der Waals surface area contributed by atoms with Crippen molar-refractivity contribution in [1.82, 2.24) is 58.9 Å². The summed E-state index contributed by atoms with van der Waals surface area (Å²) < 4.78 is 82.4. The van der Waals surface area contributed by atoms with Gasteiger partial charge >= 0.3 is 6.18 Å². The second-order valence-electron chi connectivity index (χ2n) is 21.0. The number of piperidine rings is 1. The predicted octanol–water partition coefficient (Wildman–Crippen LogP) is 12.2. The number of benzene rings is 5. The summed E-state index contributed by atoms with van der Waals surface area (Å²) in [6, 6.07) is 32.2. The Kier molecular flexibility index (Phi) is 21.8. The number of sulfonamides is 1. The Balaban J connectivity index is 0.000000160. The van der Waals surface area contributed by atoms with Crippen LogP contribution in [-0.2, 0) is 39.0 Å². The van der Waals surface area contributed by atoms with Gasteiger partial charge in [0.15, 0.2) is 16.9 Å². The first-order valence-electron chi connectivity index (χ1n) is 28.4. The SMILES string of the molecule is CCCc1nn(C)c2c(=O)[nH]c(-c3cc(S(=O)(=O)N4CCN(C)CC4)ccc3OCC)nc12.Cc1c(C(=O)NN2CCCCC2)nn(-c2ccc(Cl)cc2Cl)c1-c1ccc(Cl)cc1.Cc1ccc(-c2cc(C(F)(F)F)nn2-c2ccc(SOON)cc2)cc1. The molecule has 89 heavy (non-hydrogen) atoms. The average Bonchev–Trinajstić information content (AvgIpc) is 1.89. The largest absolute Gasteiger partial charge is 0.493 e. The standard InChI is InChI=1S/C22H21Cl3N4O.C22H30N6O4S.C17H14F3N3O2S/c1-14-20(22(30)27-28-11-3-2-4-12-28)26-29(19-10-9-17(24)13-18(19)25)21(14)15-5-7-16(23)8-6-15;1-5-7-17-19-20(27(4)25-17)22(29)24-21(23-19)16-14-15(8-9-18(16)32-6-2)33(30,31)28-12-10-26(3)11-13-28;1-11-2-4-12(5-3-11)15-10-16(17(18,19)20)22-23(15)13-6-8-14(9-7-13)26-25-24-21/h5-10,13H,2-4,11-12H2,1H3,(H,27,30);8-9,14H,5-7,10-13H2,1-4H3,(H,23,24,29);2-10H,21H2,1H3. The zero-order valence-corrected chi connectivity index (χ0v) is 53.3. The van der Waals surface area contributed by atoms with Gasteiger partial charge in [0.2, 0.25) is 10.0 Å². The Labute approximate surface area is 531 Å². The van der Waals surface area contributed by atoms with Crippen molar-refractivity contribution in [3.63, 3.8) is 0 Å². The minimum absolute atomic E-state index is 0.147. The molecule has 6 heterocycles. The molecule has 2 fully saturated rings. The number of likely N-dealkylation sites (N-methyl/N-ethyl adjacent to an activating group) is 1. The van der Waals surface area contributed by atoms with Crippen LogP contribution in [0.5, 0.6) is 5.75 Å². The summed E-state index contributed by atoms with van der Waals surface area (Å²) in [6.07, 6.45) is 0.346. The molecular weight excluding hydrogens is 1250 g/mol. The highest BCUT2D eigenvalue weighted by Crippen LogP contribution is 2.37. The van der Waals surface area contributed by atoms with Crippen LogP contribution in [0, 0.1) is 13.8 Å². The third-order valence-corrected chi connectivity index (χ3v) is 18.0. The van der Waals surface area contributed by atoms with Crippen LogP contribution < -0.4 is 21.6 Å².